The highest BCUT2D eigenvalue weighted by molar-refractivity contribution is 7.80. The summed E-state index contributed by atoms with van der Waals surface area (Å²) in [6, 6.07) is 9.36. The van der Waals surface area contributed by atoms with Crippen molar-refractivity contribution in [2.24, 2.45) is 0 Å². The van der Waals surface area contributed by atoms with Crippen LogP contribution in [0.4, 0.5) is 17.1 Å². The molecule has 0 aromatic heterocycles. The molecule has 0 saturated heterocycles. The van der Waals surface area contributed by atoms with Gasteiger partial charge in [0.25, 0.3) is 5.69 Å². The third kappa shape index (κ3) is 4.70. The average Bonchev–Trinajstić information content (AvgIpc) is 2.51. The van der Waals surface area contributed by atoms with Gasteiger partial charge in [-0.05, 0) is 49.5 Å². The van der Waals surface area contributed by atoms with Crippen LogP contribution >= 0.6 is 35.4 Å². The van der Waals surface area contributed by atoms with Crippen molar-refractivity contribution in [1.82, 2.24) is 0 Å². The summed E-state index contributed by atoms with van der Waals surface area (Å²) in [5, 5.41) is 17.9. The standard InChI is InChI=1S/C15H13Cl2N3O3S/c1-2-23-10-4-6-13(14(8-10)20(21)22)19-15(24)18-12-5-3-9(16)7-11(12)17/h3-8H,2H2,1H3,(H2,18,19,24). The molecule has 0 radical (unpaired) electrons. The molecule has 126 valence electrons. The number of hydrogen-bond acceptors (Lipinski definition) is 4. The van der Waals surface area contributed by atoms with E-state index in [-0.39, 0.29) is 16.5 Å². The first-order chi connectivity index (χ1) is 11.4. The van der Waals surface area contributed by atoms with E-state index in [0.717, 1.165) is 0 Å². The van der Waals surface area contributed by atoms with E-state index in [1.807, 2.05) is 0 Å². The van der Waals surface area contributed by atoms with Gasteiger partial charge in [0, 0.05) is 5.02 Å². The average molecular weight is 386 g/mol. The van der Waals surface area contributed by atoms with Crippen molar-refractivity contribution in [1.29, 1.82) is 0 Å². The zero-order valence-corrected chi connectivity index (χ0v) is 14.8. The number of ether oxygens (including phenoxy) is 1. The first-order valence-electron chi connectivity index (χ1n) is 6.85. The molecule has 2 aromatic rings. The smallest absolute Gasteiger partial charge is 0.296 e. The molecule has 0 amide bonds. The van der Waals surface area contributed by atoms with E-state index in [0.29, 0.717) is 28.1 Å². The van der Waals surface area contributed by atoms with Gasteiger partial charge in [0.2, 0.25) is 0 Å². The van der Waals surface area contributed by atoms with E-state index in [9.17, 15) is 10.1 Å². The summed E-state index contributed by atoms with van der Waals surface area (Å²) >= 11 is 17.1. The molecule has 0 aliphatic rings. The molecule has 9 heteroatoms. The molecule has 0 unspecified atom stereocenters. The molecule has 0 fully saturated rings. The molecule has 0 saturated carbocycles. The van der Waals surface area contributed by atoms with Gasteiger partial charge in [0.1, 0.15) is 11.4 Å². The number of nitro groups is 1. The minimum atomic E-state index is -0.511. The van der Waals surface area contributed by atoms with E-state index >= 15 is 0 Å². The van der Waals surface area contributed by atoms with Crippen molar-refractivity contribution >= 4 is 57.6 Å². The second-order valence-electron chi connectivity index (χ2n) is 4.57. The van der Waals surface area contributed by atoms with Crippen molar-refractivity contribution in [3.05, 3.63) is 56.6 Å². The Morgan fingerprint density at radius 3 is 2.50 bits per heavy atom. The van der Waals surface area contributed by atoms with Gasteiger partial charge in [0.05, 0.1) is 28.3 Å². The second kappa shape index (κ2) is 8.14. The van der Waals surface area contributed by atoms with Crippen LogP contribution in [0, 0.1) is 10.1 Å². The van der Waals surface area contributed by atoms with Gasteiger partial charge < -0.3 is 15.4 Å². The number of nitrogens with one attached hydrogen (secondary N) is 2. The summed E-state index contributed by atoms with van der Waals surface area (Å²) < 4.78 is 5.27. The SMILES string of the molecule is CCOc1ccc(NC(=S)Nc2ccc(Cl)cc2Cl)c([N+](=O)[O-])c1. The number of thiocarbonyl (C=S) groups is 1. The zero-order chi connectivity index (χ0) is 17.7. The molecule has 0 spiro atoms. The Kier molecular flexibility index (Phi) is 6.19. The Morgan fingerprint density at radius 1 is 1.21 bits per heavy atom. The first-order valence-corrected chi connectivity index (χ1v) is 8.01. The van der Waals surface area contributed by atoms with E-state index < -0.39 is 4.92 Å². The van der Waals surface area contributed by atoms with E-state index in [2.05, 4.69) is 10.6 Å². The summed E-state index contributed by atoms with van der Waals surface area (Å²) in [5.74, 6) is 0.411. The lowest BCUT2D eigenvalue weighted by Crippen LogP contribution is -2.20. The summed E-state index contributed by atoms with van der Waals surface area (Å²) in [6.07, 6.45) is 0. The van der Waals surface area contributed by atoms with Crippen molar-refractivity contribution in [3.63, 3.8) is 0 Å². The summed E-state index contributed by atoms with van der Waals surface area (Å²) in [6.45, 7) is 2.21. The van der Waals surface area contributed by atoms with Gasteiger partial charge in [-0.3, -0.25) is 10.1 Å². The number of nitrogens with zero attached hydrogens (tertiary/aromatic N) is 1. The fourth-order valence-corrected chi connectivity index (χ4v) is 2.57. The molecule has 0 atom stereocenters. The Labute approximate surface area is 153 Å². The van der Waals surface area contributed by atoms with Gasteiger partial charge in [-0.15, -0.1) is 0 Å². The van der Waals surface area contributed by atoms with Crippen molar-refractivity contribution in [2.45, 2.75) is 6.92 Å². The first kappa shape index (κ1) is 18.3. The van der Waals surface area contributed by atoms with E-state index in [1.54, 1.807) is 31.2 Å². The predicted octanol–water partition coefficient (Wildman–Crippen LogP) is 5.11. The van der Waals surface area contributed by atoms with Crippen LogP contribution in [0.1, 0.15) is 6.92 Å². The van der Waals surface area contributed by atoms with Crippen LogP contribution in [0.5, 0.6) is 5.75 Å². The lowest BCUT2D eigenvalue weighted by molar-refractivity contribution is -0.384. The van der Waals surface area contributed by atoms with Crippen LogP contribution in [0.2, 0.25) is 10.0 Å². The Bertz CT molecular complexity index is 787. The maximum Gasteiger partial charge on any atom is 0.296 e. The lowest BCUT2D eigenvalue weighted by atomic mass is 10.2. The van der Waals surface area contributed by atoms with Crippen LogP contribution in [0.15, 0.2) is 36.4 Å². The molecule has 0 heterocycles. The van der Waals surface area contributed by atoms with Gasteiger partial charge in [0.15, 0.2) is 5.11 Å². The molecule has 2 N–H and O–H groups in total. The Balaban J connectivity index is 2.17. The maximum absolute atomic E-state index is 11.2. The van der Waals surface area contributed by atoms with E-state index in [4.69, 9.17) is 40.2 Å². The van der Waals surface area contributed by atoms with Gasteiger partial charge >= 0.3 is 0 Å². The second-order valence-corrected chi connectivity index (χ2v) is 5.82. The van der Waals surface area contributed by atoms with Crippen LogP contribution < -0.4 is 15.4 Å². The minimum absolute atomic E-state index is 0.146. The van der Waals surface area contributed by atoms with Gasteiger partial charge in [-0.1, -0.05) is 23.2 Å². The highest BCUT2D eigenvalue weighted by Gasteiger charge is 2.16. The van der Waals surface area contributed by atoms with E-state index in [1.165, 1.54) is 12.1 Å². The Morgan fingerprint density at radius 2 is 1.88 bits per heavy atom. The summed E-state index contributed by atoms with van der Waals surface area (Å²) in [4.78, 5) is 10.7. The number of nitro benzene ring substituents is 1. The monoisotopic (exact) mass is 385 g/mol. The molecular formula is C15H13Cl2N3O3S. The molecule has 0 aliphatic heterocycles. The van der Waals surface area contributed by atoms with Crippen LogP contribution in [0.3, 0.4) is 0 Å². The van der Waals surface area contributed by atoms with Crippen molar-refractivity contribution in [2.75, 3.05) is 17.2 Å². The number of rotatable bonds is 5. The predicted molar refractivity (Wildman–Crippen MR) is 101 cm³/mol. The molecule has 2 aromatic carbocycles. The number of halogens is 2. The number of benzene rings is 2. The summed E-state index contributed by atoms with van der Waals surface area (Å²) in [7, 11) is 0. The third-order valence-corrected chi connectivity index (χ3v) is 3.66. The van der Waals surface area contributed by atoms with Crippen LogP contribution in [0.25, 0.3) is 0 Å². The molecule has 24 heavy (non-hydrogen) atoms. The molecule has 0 bridgehead atoms. The fraction of sp³-hybridized carbons (Fsp3) is 0.133. The van der Waals surface area contributed by atoms with Gasteiger partial charge in [-0.2, -0.15) is 0 Å². The highest BCUT2D eigenvalue weighted by atomic mass is 35.5. The van der Waals surface area contributed by atoms with Crippen LogP contribution in [-0.2, 0) is 0 Å². The fourth-order valence-electron chi connectivity index (χ4n) is 1.89. The number of anilines is 2. The minimum Gasteiger partial charge on any atom is -0.494 e. The topological polar surface area (TPSA) is 76.4 Å². The normalized spacial score (nSPS) is 10.1. The molecule has 2 rings (SSSR count). The zero-order valence-electron chi connectivity index (χ0n) is 12.5. The summed E-state index contributed by atoms with van der Waals surface area (Å²) in [5.41, 5.74) is 0.630. The van der Waals surface area contributed by atoms with Crippen molar-refractivity contribution in [3.8, 4) is 5.75 Å². The molecule has 6 nitrogen and oxygen atoms in total. The molecule has 0 aliphatic carbocycles. The number of hydrogen-bond donors (Lipinski definition) is 2. The third-order valence-electron chi connectivity index (χ3n) is 2.90. The Hall–Kier alpha value is -2.09. The highest BCUT2D eigenvalue weighted by Crippen LogP contribution is 2.30. The molecular weight excluding hydrogens is 373 g/mol. The van der Waals surface area contributed by atoms with Crippen LogP contribution in [-0.4, -0.2) is 16.6 Å². The van der Waals surface area contributed by atoms with Crippen molar-refractivity contribution < 1.29 is 9.66 Å². The lowest BCUT2D eigenvalue weighted by Gasteiger charge is -2.13. The van der Waals surface area contributed by atoms with Gasteiger partial charge in [-0.25, -0.2) is 0 Å². The largest absolute Gasteiger partial charge is 0.494 e. The maximum atomic E-state index is 11.2. The quantitative estimate of drug-likeness (QED) is 0.423.